The summed E-state index contributed by atoms with van der Waals surface area (Å²) in [6, 6.07) is 8.84. The van der Waals surface area contributed by atoms with Crippen LogP contribution in [0.3, 0.4) is 0 Å². The Bertz CT molecular complexity index is 858. The molecule has 0 bridgehead atoms. The quantitative estimate of drug-likeness (QED) is 0.831. The third-order valence-corrected chi connectivity index (χ3v) is 4.57. The maximum atomic E-state index is 13.9. The highest BCUT2D eigenvalue weighted by molar-refractivity contribution is 6.07. The average molecular weight is 378 g/mol. The number of halogens is 3. The summed E-state index contributed by atoms with van der Waals surface area (Å²) < 4.78 is 40.5. The third-order valence-electron chi connectivity index (χ3n) is 4.57. The van der Waals surface area contributed by atoms with Crippen LogP contribution in [-0.2, 0) is 14.4 Å². The van der Waals surface area contributed by atoms with E-state index in [4.69, 9.17) is 4.84 Å². The van der Waals surface area contributed by atoms with E-state index in [1.54, 1.807) is 0 Å². The van der Waals surface area contributed by atoms with E-state index in [2.05, 4.69) is 5.32 Å². The predicted molar refractivity (Wildman–Crippen MR) is 91.0 cm³/mol. The van der Waals surface area contributed by atoms with Crippen LogP contribution in [0.5, 0.6) is 0 Å². The van der Waals surface area contributed by atoms with Gasteiger partial charge >= 0.3 is 0 Å². The van der Waals surface area contributed by atoms with E-state index in [9.17, 15) is 22.8 Å². The van der Waals surface area contributed by atoms with Crippen molar-refractivity contribution in [2.24, 2.45) is 5.92 Å². The number of anilines is 1. The number of amides is 2. The maximum absolute atomic E-state index is 13.9. The van der Waals surface area contributed by atoms with Crippen LogP contribution in [0.4, 0.5) is 18.9 Å². The van der Waals surface area contributed by atoms with Gasteiger partial charge in [-0.3, -0.25) is 14.4 Å². The van der Waals surface area contributed by atoms with Crippen molar-refractivity contribution in [2.45, 2.75) is 12.3 Å². The first-order valence-electron chi connectivity index (χ1n) is 8.28. The van der Waals surface area contributed by atoms with Crippen LogP contribution in [0.1, 0.15) is 17.9 Å². The number of nitrogens with one attached hydrogen (secondary N) is 1. The Morgan fingerprint density at radius 2 is 1.85 bits per heavy atom. The SMILES string of the molecule is CON1CC[C@H](c2ccc(F)cc2)[C@@H](C(=O)Nc2cccc(F)c2F)C1=O. The van der Waals surface area contributed by atoms with Crippen molar-refractivity contribution in [3.63, 3.8) is 0 Å². The molecule has 0 saturated carbocycles. The number of carbonyl (C=O) groups excluding carboxylic acids is 2. The molecular formula is C19H17F3N2O3. The summed E-state index contributed by atoms with van der Waals surface area (Å²) >= 11 is 0. The van der Waals surface area contributed by atoms with Crippen molar-refractivity contribution >= 4 is 17.5 Å². The highest BCUT2D eigenvalue weighted by atomic mass is 19.2. The molecule has 0 aliphatic carbocycles. The lowest BCUT2D eigenvalue weighted by Gasteiger charge is -2.35. The molecule has 2 aromatic carbocycles. The number of hydrogen-bond acceptors (Lipinski definition) is 3. The summed E-state index contributed by atoms with van der Waals surface area (Å²) in [5, 5.41) is 3.32. The van der Waals surface area contributed by atoms with E-state index in [0.29, 0.717) is 12.0 Å². The van der Waals surface area contributed by atoms with E-state index < -0.39 is 41.1 Å². The minimum atomic E-state index is -1.23. The molecule has 2 amide bonds. The maximum Gasteiger partial charge on any atom is 0.259 e. The van der Waals surface area contributed by atoms with Crippen LogP contribution in [0.25, 0.3) is 0 Å². The van der Waals surface area contributed by atoms with Crippen LogP contribution >= 0.6 is 0 Å². The number of carbonyl (C=O) groups is 2. The molecule has 1 fully saturated rings. The van der Waals surface area contributed by atoms with Crippen molar-refractivity contribution in [2.75, 3.05) is 19.0 Å². The number of piperidine rings is 1. The van der Waals surface area contributed by atoms with E-state index in [1.165, 1.54) is 43.5 Å². The van der Waals surface area contributed by atoms with Gasteiger partial charge in [-0.15, -0.1) is 0 Å². The molecule has 1 aliphatic heterocycles. The average Bonchev–Trinajstić information content (AvgIpc) is 2.65. The molecule has 0 radical (unpaired) electrons. The van der Waals surface area contributed by atoms with E-state index in [-0.39, 0.29) is 12.2 Å². The molecule has 1 saturated heterocycles. The summed E-state index contributed by atoms with van der Waals surface area (Å²) in [5.74, 6) is -5.95. The van der Waals surface area contributed by atoms with Crippen molar-refractivity contribution in [1.82, 2.24) is 5.06 Å². The Labute approximate surface area is 153 Å². The topological polar surface area (TPSA) is 58.6 Å². The fourth-order valence-corrected chi connectivity index (χ4v) is 3.22. The summed E-state index contributed by atoms with van der Waals surface area (Å²) in [4.78, 5) is 30.5. The minimum Gasteiger partial charge on any atom is -0.323 e. The van der Waals surface area contributed by atoms with E-state index in [1.807, 2.05) is 0 Å². The van der Waals surface area contributed by atoms with Gasteiger partial charge in [0.15, 0.2) is 11.6 Å². The molecule has 27 heavy (non-hydrogen) atoms. The van der Waals surface area contributed by atoms with Gasteiger partial charge in [-0.2, -0.15) is 0 Å². The molecule has 0 spiro atoms. The fourth-order valence-electron chi connectivity index (χ4n) is 3.22. The Morgan fingerprint density at radius 1 is 1.15 bits per heavy atom. The van der Waals surface area contributed by atoms with Gasteiger partial charge in [0.2, 0.25) is 5.91 Å². The Kier molecular flexibility index (Phi) is 5.46. The number of nitrogens with zero attached hydrogens (tertiary/aromatic N) is 1. The number of hydroxylamine groups is 2. The van der Waals surface area contributed by atoms with Gasteiger partial charge in [-0.1, -0.05) is 18.2 Å². The Hall–Kier alpha value is -2.87. The van der Waals surface area contributed by atoms with Gasteiger partial charge in [0.05, 0.1) is 12.8 Å². The van der Waals surface area contributed by atoms with Crippen LogP contribution < -0.4 is 5.32 Å². The molecular weight excluding hydrogens is 361 g/mol. The number of benzene rings is 2. The Morgan fingerprint density at radius 3 is 2.52 bits per heavy atom. The molecule has 2 atom stereocenters. The fraction of sp³-hybridized carbons (Fsp3) is 0.263. The van der Waals surface area contributed by atoms with E-state index in [0.717, 1.165) is 11.1 Å². The predicted octanol–water partition coefficient (Wildman–Crippen LogP) is 3.24. The van der Waals surface area contributed by atoms with Crippen LogP contribution in [0.15, 0.2) is 42.5 Å². The molecule has 0 unspecified atom stereocenters. The van der Waals surface area contributed by atoms with Crippen LogP contribution in [0, 0.1) is 23.4 Å². The van der Waals surface area contributed by atoms with Crippen molar-refractivity contribution in [3.8, 4) is 0 Å². The molecule has 8 heteroatoms. The van der Waals surface area contributed by atoms with Crippen molar-refractivity contribution in [3.05, 3.63) is 65.5 Å². The van der Waals surface area contributed by atoms with Gasteiger partial charge in [0.1, 0.15) is 11.7 Å². The molecule has 1 aliphatic rings. The lowest BCUT2D eigenvalue weighted by molar-refractivity contribution is -0.188. The standard InChI is InChI=1S/C19H17F3N2O3/c1-27-24-10-9-13(11-5-7-12(20)8-6-11)16(19(24)26)18(25)23-15-4-2-3-14(21)17(15)22/h2-8,13,16H,9-10H2,1H3,(H,23,25)/t13-,16+/m1/s1. The zero-order chi connectivity index (χ0) is 19.6. The first-order chi connectivity index (χ1) is 12.9. The first kappa shape index (κ1) is 18.9. The third kappa shape index (κ3) is 3.80. The normalized spacial score (nSPS) is 19.9. The van der Waals surface area contributed by atoms with E-state index >= 15 is 0 Å². The summed E-state index contributed by atoms with van der Waals surface area (Å²) in [6.45, 7) is 0.246. The molecule has 2 aromatic rings. The zero-order valence-corrected chi connectivity index (χ0v) is 14.4. The Balaban J connectivity index is 1.92. The van der Waals surface area contributed by atoms with Crippen molar-refractivity contribution in [1.29, 1.82) is 0 Å². The first-order valence-corrected chi connectivity index (χ1v) is 8.28. The van der Waals surface area contributed by atoms with Gasteiger partial charge in [0.25, 0.3) is 5.91 Å². The second-order valence-corrected chi connectivity index (χ2v) is 6.14. The lowest BCUT2D eigenvalue weighted by Crippen LogP contribution is -2.48. The molecule has 3 rings (SSSR count). The smallest absolute Gasteiger partial charge is 0.259 e. The molecule has 1 heterocycles. The number of hydrogen-bond donors (Lipinski definition) is 1. The van der Waals surface area contributed by atoms with Crippen LogP contribution in [-0.4, -0.2) is 30.5 Å². The highest BCUT2D eigenvalue weighted by Gasteiger charge is 2.42. The summed E-state index contributed by atoms with van der Waals surface area (Å²) in [6.07, 6.45) is 0.384. The molecule has 142 valence electrons. The largest absolute Gasteiger partial charge is 0.323 e. The summed E-state index contributed by atoms with van der Waals surface area (Å²) in [7, 11) is 1.30. The monoisotopic (exact) mass is 378 g/mol. The highest BCUT2D eigenvalue weighted by Crippen LogP contribution is 2.35. The minimum absolute atomic E-state index is 0.246. The van der Waals surface area contributed by atoms with Crippen molar-refractivity contribution < 1.29 is 27.6 Å². The van der Waals surface area contributed by atoms with Gasteiger partial charge < -0.3 is 5.32 Å². The molecule has 5 nitrogen and oxygen atoms in total. The van der Waals surface area contributed by atoms with Gasteiger partial charge in [0, 0.05) is 12.5 Å². The van der Waals surface area contributed by atoms with Crippen LogP contribution in [0.2, 0.25) is 0 Å². The summed E-state index contributed by atoms with van der Waals surface area (Å²) in [5.41, 5.74) is 0.237. The zero-order valence-electron chi connectivity index (χ0n) is 14.4. The lowest BCUT2D eigenvalue weighted by atomic mass is 9.80. The van der Waals surface area contributed by atoms with Gasteiger partial charge in [-0.25, -0.2) is 18.2 Å². The number of rotatable bonds is 4. The second-order valence-electron chi connectivity index (χ2n) is 6.14. The second kappa shape index (κ2) is 7.79. The van der Waals surface area contributed by atoms with Gasteiger partial charge in [-0.05, 0) is 36.2 Å². The molecule has 1 N–H and O–H groups in total. The molecule has 0 aromatic heterocycles.